The van der Waals surface area contributed by atoms with E-state index in [-0.39, 0.29) is 5.75 Å². The lowest BCUT2D eigenvalue weighted by molar-refractivity contribution is 0.474. The van der Waals surface area contributed by atoms with Gasteiger partial charge < -0.3 is 5.11 Å². The van der Waals surface area contributed by atoms with Crippen molar-refractivity contribution >= 4 is 45.6 Å². The van der Waals surface area contributed by atoms with Crippen molar-refractivity contribution in [2.45, 2.75) is 6.92 Å². The average Bonchev–Trinajstić information content (AvgIpc) is 2.72. The van der Waals surface area contributed by atoms with E-state index in [1.54, 1.807) is 36.4 Å². The predicted molar refractivity (Wildman–Crippen MR) is 119 cm³/mol. The van der Waals surface area contributed by atoms with E-state index >= 15 is 0 Å². The SMILES string of the molecule is CC(=NNc1nc(-c2ccc(Cl)cc2Cl)nc2ccccc12)c1ccccc1O. The molecule has 0 aliphatic heterocycles. The molecule has 4 aromatic rings. The number of hydrogen-bond acceptors (Lipinski definition) is 5. The van der Waals surface area contributed by atoms with Crippen molar-refractivity contribution in [3.63, 3.8) is 0 Å². The quantitative estimate of drug-likeness (QED) is 0.305. The molecule has 3 aromatic carbocycles. The van der Waals surface area contributed by atoms with Gasteiger partial charge in [-0.25, -0.2) is 9.97 Å². The van der Waals surface area contributed by atoms with E-state index in [4.69, 9.17) is 23.2 Å². The Balaban J connectivity index is 1.79. The summed E-state index contributed by atoms with van der Waals surface area (Å²) in [5.74, 6) is 1.16. The Labute approximate surface area is 177 Å². The molecule has 7 heteroatoms. The highest BCUT2D eigenvalue weighted by Crippen LogP contribution is 2.31. The van der Waals surface area contributed by atoms with Gasteiger partial charge in [-0.3, -0.25) is 5.43 Å². The molecule has 144 valence electrons. The number of nitrogens with one attached hydrogen (secondary N) is 1. The van der Waals surface area contributed by atoms with Gasteiger partial charge in [0, 0.05) is 21.5 Å². The first-order chi connectivity index (χ1) is 14.0. The van der Waals surface area contributed by atoms with Crippen LogP contribution >= 0.6 is 23.2 Å². The van der Waals surface area contributed by atoms with Crippen LogP contribution in [0.25, 0.3) is 22.3 Å². The Hall–Kier alpha value is -3.15. The molecule has 0 atom stereocenters. The second-order valence-electron chi connectivity index (χ2n) is 6.36. The molecule has 0 saturated carbocycles. The Kier molecular flexibility index (Phi) is 5.34. The Morgan fingerprint density at radius 1 is 0.966 bits per heavy atom. The molecule has 29 heavy (non-hydrogen) atoms. The van der Waals surface area contributed by atoms with Gasteiger partial charge in [0.15, 0.2) is 11.6 Å². The van der Waals surface area contributed by atoms with E-state index in [1.807, 2.05) is 37.3 Å². The van der Waals surface area contributed by atoms with Crippen molar-refractivity contribution in [1.82, 2.24) is 9.97 Å². The first-order valence-corrected chi connectivity index (χ1v) is 9.59. The summed E-state index contributed by atoms with van der Waals surface area (Å²) in [7, 11) is 0. The van der Waals surface area contributed by atoms with Gasteiger partial charge in [-0.1, -0.05) is 47.5 Å². The summed E-state index contributed by atoms with van der Waals surface area (Å²) in [5.41, 5.74) is 5.69. The number of rotatable bonds is 4. The van der Waals surface area contributed by atoms with Gasteiger partial charge in [0.1, 0.15) is 5.75 Å². The summed E-state index contributed by atoms with van der Waals surface area (Å²) in [6.07, 6.45) is 0. The zero-order valence-corrected chi connectivity index (χ0v) is 16.9. The van der Waals surface area contributed by atoms with Crippen LogP contribution in [0.3, 0.4) is 0 Å². The number of halogens is 2. The molecule has 0 radical (unpaired) electrons. The van der Waals surface area contributed by atoms with Gasteiger partial charge in [-0.15, -0.1) is 0 Å². The number of aromatic hydroxyl groups is 1. The average molecular weight is 423 g/mol. The number of phenols is 1. The number of anilines is 1. The highest BCUT2D eigenvalue weighted by Gasteiger charge is 2.12. The topological polar surface area (TPSA) is 70.4 Å². The zero-order valence-electron chi connectivity index (χ0n) is 15.4. The van der Waals surface area contributed by atoms with Gasteiger partial charge >= 0.3 is 0 Å². The third-order valence-electron chi connectivity index (χ3n) is 4.40. The Bertz CT molecular complexity index is 1240. The zero-order chi connectivity index (χ0) is 20.4. The van der Waals surface area contributed by atoms with Crippen molar-refractivity contribution in [2.24, 2.45) is 5.10 Å². The van der Waals surface area contributed by atoms with Crippen LogP contribution in [-0.4, -0.2) is 20.8 Å². The highest BCUT2D eigenvalue weighted by molar-refractivity contribution is 6.36. The maximum atomic E-state index is 10.0. The third-order valence-corrected chi connectivity index (χ3v) is 4.95. The summed E-state index contributed by atoms with van der Waals surface area (Å²) < 4.78 is 0. The predicted octanol–water partition coefficient (Wildman–Crippen LogP) is 6.15. The minimum Gasteiger partial charge on any atom is -0.507 e. The summed E-state index contributed by atoms with van der Waals surface area (Å²) in [5, 5.41) is 16.3. The molecule has 0 amide bonds. The van der Waals surface area contributed by atoms with Crippen molar-refractivity contribution in [1.29, 1.82) is 0 Å². The standard InChI is InChI=1S/C22H16Cl2N4O/c1-13(15-6-3-5-9-20(15)29)27-28-22-17-7-2-4-8-19(17)25-21(26-22)16-11-10-14(23)12-18(16)24/h2-12,29H,1H3,(H,25,26,28). The Morgan fingerprint density at radius 3 is 2.52 bits per heavy atom. The molecule has 4 rings (SSSR count). The number of aromatic nitrogens is 2. The van der Waals surface area contributed by atoms with Gasteiger partial charge in [0.05, 0.1) is 16.3 Å². The van der Waals surface area contributed by atoms with Crippen LogP contribution in [0.4, 0.5) is 5.82 Å². The molecular formula is C22H16Cl2N4O. The van der Waals surface area contributed by atoms with Crippen molar-refractivity contribution in [3.8, 4) is 17.1 Å². The smallest absolute Gasteiger partial charge is 0.163 e. The number of fused-ring (bicyclic) bond motifs is 1. The summed E-state index contributed by atoms with van der Waals surface area (Å²) >= 11 is 12.4. The van der Waals surface area contributed by atoms with Crippen LogP contribution in [0.2, 0.25) is 10.0 Å². The molecule has 2 N–H and O–H groups in total. The van der Waals surface area contributed by atoms with Crippen molar-refractivity contribution in [2.75, 3.05) is 5.43 Å². The van der Waals surface area contributed by atoms with E-state index in [0.717, 1.165) is 10.9 Å². The lowest BCUT2D eigenvalue weighted by atomic mass is 10.1. The maximum Gasteiger partial charge on any atom is 0.163 e. The lowest BCUT2D eigenvalue weighted by Crippen LogP contribution is -2.03. The number of hydrazone groups is 1. The van der Waals surface area contributed by atoms with E-state index in [1.165, 1.54) is 0 Å². The first-order valence-electron chi connectivity index (χ1n) is 8.84. The first kappa shape index (κ1) is 19.2. The Morgan fingerprint density at radius 2 is 1.72 bits per heavy atom. The minimum atomic E-state index is 0.164. The molecule has 0 spiro atoms. The van der Waals surface area contributed by atoms with E-state index in [9.17, 15) is 5.11 Å². The molecule has 0 aliphatic carbocycles. The van der Waals surface area contributed by atoms with E-state index in [0.29, 0.717) is 38.5 Å². The minimum absolute atomic E-state index is 0.164. The normalized spacial score (nSPS) is 11.6. The van der Waals surface area contributed by atoms with Crippen LogP contribution in [0, 0.1) is 0 Å². The molecule has 0 aliphatic rings. The lowest BCUT2D eigenvalue weighted by Gasteiger charge is -2.10. The molecule has 0 fully saturated rings. The second-order valence-corrected chi connectivity index (χ2v) is 7.21. The third kappa shape index (κ3) is 4.01. The van der Waals surface area contributed by atoms with Crippen LogP contribution < -0.4 is 5.43 Å². The molecule has 1 heterocycles. The summed E-state index contributed by atoms with van der Waals surface area (Å²) in [6.45, 7) is 1.81. The van der Waals surface area contributed by atoms with Crippen molar-refractivity contribution < 1.29 is 5.11 Å². The molecule has 0 unspecified atom stereocenters. The van der Waals surface area contributed by atoms with Crippen LogP contribution in [-0.2, 0) is 0 Å². The maximum absolute atomic E-state index is 10.0. The number of nitrogens with zero attached hydrogens (tertiary/aromatic N) is 3. The number of hydrogen-bond donors (Lipinski definition) is 2. The molecule has 1 aromatic heterocycles. The van der Waals surface area contributed by atoms with Crippen LogP contribution in [0.1, 0.15) is 12.5 Å². The van der Waals surface area contributed by atoms with Gasteiger partial charge in [0.2, 0.25) is 0 Å². The fraction of sp³-hybridized carbons (Fsp3) is 0.0455. The van der Waals surface area contributed by atoms with Crippen molar-refractivity contribution in [3.05, 3.63) is 82.3 Å². The molecular weight excluding hydrogens is 407 g/mol. The summed E-state index contributed by atoms with van der Waals surface area (Å²) in [4.78, 5) is 9.26. The van der Waals surface area contributed by atoms with Gasteiger partial charge in [-0.05, 0) is 49.4 Å². The second kappa shape index (κ2) is 8.07. The molecule has 0 bridgehead atoms. The number of phenolic OH excluding ortho intramolecular Hbond substituents is 1. The number of benzene rings is 3. The van der Waals surface area contributed by atoms with Gasteiger partial charge in [-0.2, -0.15) is 5.10 Å². The van der Waals surface area contributed by atoms with Crippen LogP contribution in [0.5, 0.6) is 5.75 Å². The molecule has 5 nitrogen and oxygen atoms in total. The highest BCUT2D eigenvalue weighted by atomic mass is 35.5. The number of para-hydroxylation sites is 2. The fourth-order valence-corrected chi connectivity index (χ4v) is 3.42. The van der Waals surface area contributed by atoms with Gasteiger partial charge in [0.25, 0.3) is 0 Å². The van der Waals surface area contributed by atoms with E-state index < -0.39 is 0 Å². The van der Waals surface area contributed by atoms with E-state index in [2.05, 4.69) is 20.5 Å². The molecule has 0 saturated heterocycles. The monoisotopic (exact) mass is 422 g/mol. The van der Waals surface area contributed by atoms with Crippen LogP contribution in [0.15, 0.2) is 71.8 Å². The largest absolute Gasteiger partial charge is 0.507 e. The summed E-state index contributed by atoms with van der Waals surface area (Å²) in [6, 6.07) is 19.8. The fourth-order valence-electron chi connectivity index (χ4n) is 2.93.